The number of aromatic nitrogens is 2. The van der Waals surface area contributed by atoms with Gasteiger partial charge in [-0.1, -0.05) is 11.8 Å². The summed E-state index contributed by atoms with van der Waals surface area (Å²) in [7, 11) is 0. The Kier molecular flexibility index (Phi) is 6.10. The third kappa shape index (κ3) is 4.90. The third-order valence-electron chi connectivity index (χ3n) is 2.58. The summed E-state index contributed by atoms with van der Waals surface area (Å²) in [4.78, 5) is 15.1. The number of rotatable bonds is 7. The van der Waals surface area contributed by atoms with Crippen molar-refractivity contribution in [2.45, 2.75) is 6.18 Å². The van der Waals surface area contributed by atoms with Crippen LogP contribution in [0, 0.1) is 0 Å². The summed E-state index contributed by atoms with van der Waals surface area (Å²) in [5.74, 6) is 0.409. The van der Waals surface area contributed by atoms with E-state index in [1.54, 1.807) is 10.8 Å². The molecule has 0 fully saturated rings. The van der Waals surface area contributed by atoms with E-state index in [4.69, 9.17) is 4.74 Å². The molecule has 0 atom stereocenters. The number of aliphatic imine (C=N–C) groups is 2. The first-order valence-electron chi connectivity index (χ1n) is 6.31. The second-order valence-electron chi connectivity index (χ2n) is 4.14. The van der Waals surface area contributed by atoms with E-state index < -0.39 is 11.9 Å². The molecule has 0 saturated carbocycles. The van der Waals surface area contributed by atoms with Gasteiger partial charge in [-0.15, -0.1) is 11.3 Å². The number of hydrogen-bond donors (Lipinski definition) is 0. The second kappa shape index (κ2) is 8.06. The number of hydrogen-bond acceptors (Lipinski definition) is 7. The lowest BCUT2D eigenvalue weighted by molar-refractivity contribution is -0.141. The molecule has 0 aromatic carbocycles. The van der Waals surface area contributed by atoms with E-state index in [1.165, 1.54) is 29.2 Å². The van der Waals surface area contributed by atoms with E-state index >= 15 is 0 Å². The van der Waals surface area contributed by atoms with Crippen LogP contribution in [0.25, 0.3) is 5.70 Å². The van der Waals surface area contributed by atoms with E-state index in [0.29, 0.717) is 16.5 Å². The highest BCUT2D eigenvalue weighted by Crippen LogP contribution is 2.29. The Bertz CT molecular complexity index is 741. The van der Waals surface area contributed by atoms with Crippen molar-refractivity contribution in [2.24, 2.45) is 9.98 Å². The molecule has 0 aliphatic rings. The fraction of sp³-hybridized carbons (Fsp3) is 0.143. The largest absolute Gasteiger partial charge is 0.481 e. The molecule has 0 saturated heterocycles. The number of thioether (sulfide) groups is 1. The summed E-state index contributed by atoms with van der Waals surface area (Å²) >= 11 is 2.58. The van der Waals surface area contributed by atoms with Crippen LogP contribution in [0.3, 0.4) is 0 Å². The molecule has 0 aliphatic carbocycles. The van der Waals surface area contributed by atoms with E-state index in [2.05, 4.69) is 33.4 Å². The Morgan fingerprint density at radius 2 is 2.17 bits per heavy atom. The van der Waals surface area contributed by atoms with Gasteiger partial charge in [-0.25, -0.2) is 15.0 Å². The first-order valence-corrected chi connectivity index (χ1v) is 8.24. The molecule has 0 N–H and O–H groups in total. The van der Waals surface area contributed by atoms with Crippen LogP contribution in [0.2, 0.25) is 0 Å². The van der Waals surface area contributed by atoms with Crippen molar-refractivity contribution in [1.29, 1.82) is 0 Å². The highest BCUT2D eigenvalue weighted by molar-refractivity contribution is 8.02. The maximum absolute atomic E-state index is 12.4. The Balaban J connectivity index is 1.90. The molecule has 0 spiro atoms. The maximum atomic E-state index is 12.4. The minimum absolute atomic E-state index is 0.169. The lowest BCUT2D eigenvalue weighted by atomic mass is 10.3. The van der Waals surface area contributed by atoms with E-state index in [9.17, 15) is 13.2 Å². The topological polar surface area (TPSA) is 59.7 Å². The summed E-state index contributed by atoms with van der Waals surface area (Å²) in [6, 6.07) is 2.08. The third-order valence-corrected chi connectivity index (χ3v) is 3.99. The standard InChI is InChI=1S/C14H11F3N4OS2/c1-18-10(11-7-24-13(19-2)21-11)6-23-8-22-9-3-4-12(20-5-9)14(15,16)17/h3-7H,1-2,8H2/b10-6-. The number of ether oxygens (including phenoxy) is 1. The Hall–Kier alpha value is -2.20. The van der Waals surface area contributed by atoms with Crippen LogP contribution in [0.15, 0.2) is 39.1 Å². The molecule has 24 heavy (non-hydrogen) atoms. The number of thiazole rings is 1. The van der Waals surface area contributed by atoms with Gasteiger partial charge in [0.1, 0.15) is 23.1 Å². The van der Waals surface area contributed by atoms with Crippen molar-refractivity contribution < 1.29 is 17.9 Å². The van der Waals surface area contributed by atoms with Crippen molar-refractivity contribution in [2.75, 3.05) is 5.94 Å². The monoisotopic (exact) mass is 372 g/mol. The van der Waals surface area contributed by atoms with Crippen molar-refractivity contribution in [3.63, 3.8) is 0 Å². The highest BCUT2D eigenvalue weighted by Gasteiger charge is 2.32. The SMILES string of the molecule is C=N/C(=C\SCOc1ccc(C(F)(F)F)nc1)c1csc(N=C)n1. The molecule has 0 radical (unpaired) electrons. The zero-order valence-corrected chi connectivity index (χ0v) is 13.8. The molecule has 2 aromatic rings. The van der Waals surface area contributed by atoms with Gasteiger partial charge in [0.05, 0.1) is 11.9 Å². The first kappa shape index (κ1) is 18.1. The molecule has 126 valence electrons. The molecule has 0 amide bonds. The zero-order valence-electron chi connectivity index (χ0n) is 12.2. The number of nitrogens with zero attached hydrogens (tertiary/aromatic N) is 4. The van der Waals surface area contributed by atoms with E-state index in [0.717, 1.165) is 12.3 Å². The highest BCUT2D eigenvalue weighted by atomic mass is 32.2. The number of halogens is 3. The van der Waals surface area contributed by atoms with Crippen molar-refractivity contribution in [1.82, 2.24) is 9.97 Å². The smallest absolute Gasteiger partial charge is 0.433 e. The van der Waals surface area contributed by atoms with E-state index in [-0.39, 0.29) is 11.7 Å². The summed E-state index contributed by atoms with van der Waals surface area (Å²) < 4.78 is 42.5. The van der Waals surface area contributed by atoms with Crippen LogP contribution in [-0.2, 0) is 6.18 Å². The van der Waals surface area contributed by atoms with E-state index in [1.807, 2.05) is 0 Å². The fourth-order valence-electron chi connectivity index (χ4n) is 1.48. The quantitative estimate of drug-likeness (QED) is 0.403. The van der Waals surface area contributed by atoms with Crippen LogP contribution in [0.1, 0.15) is 11.4 Å². The van der Waals surface area contributed by atoms with Crippen LogP contribution in [-0.4, -0.2) is 29.3 Å². The molecule has 10 heteroatoms. The summed E-state index contributed by atoms with van der Waals surface area (Å²) in [5, 5.41) is 3.98. The molecule has 5 nitrogen and oxygen atoms in total. The molecular formula is C14H11F3N4OS2. The average Bonchev–Trinajstić information content (AvgIpc) is 3.03. The summed E-state index contributed by atoms with van der Waals surface area (Å²) in [5.41, 5.74) is 0.192. The van der Waals surface area contributed by atoms with Crippen molar-refractivity contribution in [3.05, 3.63) is 40.5 Å². The van der Waals surface area contributed by atoms with Gasteiger partial charge in [-0.2, -0.15) is 13.2 Å². The molecule has 0 bridgehead atoms. The fourth-order valence-corrected chi connectivity index (χ4v) is 2.72. The normalized spacial score (nSPS) is 12.0. The van der Waals surface area contributed by atoms with Crippen molar-refractivity contribution >= 4 is 47.4 Å². The van der Waals surface area contributed by atoms with Crippen molar-refractivity contribution in [3.8, 4) is 5.75 Å². The van der Waals surface area contributed by atoms with Gasteiger partial charge >= 0.3 is 6.18 Å². The van der Waals surface area contributed by atoms with Gasteiger partial charge in [0, 0.05) is 10.8 Å². The second-order valence-corrected chi connectivity index (χ2v) is 5.78. The Morgan fingerprint density at radius 3 is 2.71 bits per heavy atom. The molecule has 0 unspecified atom stereocenters. The first-order chi connectivity index (χ1) is 11.4. The Labute approximate surface area is 144 Å². The van der Waals surface area contributed by atoms with Crippen LogP contribution < -0.4 is 4.74 Å². The molecule has 2 rings (SSSR count). The predicted octanol–water partition coefficient (Wildman–Crippen LogP) is 4.66. The predicted molar refractivity (Wildman–Crippen MR) is 91.2 cm³/mol. The molecular weight excluding hydrogens is 361 g/mol. The maximum Gasteiger partial charge on any atom is 0.433 e. The van der Waals surface area contributed by atoms with Crippen LogP contribution in [0.5, 0.6) is 5.75 Å². The minimum Gasteiger partial charge on any atom is -0.481 e. The van der Waals surface area contributed by atoms with Crippen LogP contribution in [0.4, 0.5) is 18.3 Å². The van der Waals surface area contributed by atoms with Crippen LogP contribution >= 0.6 is 23.1 Å². The van der Waals surface area contributed by atoms with Gasteiger partial charge < -0.3 is 4.74 Å². The minimum atomic E-state index is -4.47. The van der Waals surface area contributed by atoms with Gasteiger partial charge in [-0.05, 0) is 25.6 Å². The molecule has 2 aromatic heterocycles. The Morgan fingerprint density at radius 1 is 1.38 bits per heavy atom. The number of pyridine rings is 1. The number of alkyl halides is 3. The van der Waals surface area contributed by atoms with Gasteiger partial charge in [-0.3, -0.25) is 4.99 Å². The average molecular weight is 372 g/mol. The lowest BCUT2D eigenvalue weighted by Gasteiger charge is -2.07. The molecule has 0 aliphatic heterocycles. The lowest BCUT2D eigenvalue weighted by Crippen LogP contribution is -2.07. The summed E-state index contributed by atoms with van der Waals surface area (Å²) in [6.45, 7) is 6.86. The summed E-state index contributed by atoms with van der Waals surface area (Å²) in [6.07, 6.45) is -3.44. The van der Waals surface area contributed by atoms with Gasteiger partial charge in [0.25, 0.3) is 0 Å². The van der Waals surface area contributed by atoms with Gasteiger partial charge in [0.15, 0.2) is 0 Å². The van der Waals surface area contributed by atoms with Gasteiger partial charge in [0.2, 0.25) is 5.13 Å². The zero-order chi connectivity index (χ0) is 17.6. The molecule has 2 heterocycles.